The lowest BCUT2D eigenvalue weighted by molar-refractivity contribution is 0.144. The van der Waals surface area contributed by atoms with Crippen molar-refractivity contribution >= 4 is 0 Å². The van der Waals surface area contributed by atoms with Crippen LogP contribution in [-0.2, 0) is 0 Å². The van der Waals surface area contributed by atoms with Gasteiger partial charge in [0.25, 0.3) is 6.43 Å². The van der Waals surface area contributed by atoms with Crippen LogP contribution in [0.25, 0.3) is 0 Å². The first-order valence-electron chi connectivity index (χ1n) is 3.96. The van der Waals surface area contributed by atoms with E-state index in [0.717, 1.165) is 12.1 Å². The predicted molar refractivity (Wildman–Crippen MR) is 42.5 cm³/mol. The smallest absolute Gasteiger partial charge is 0.266 e. The Balaban J connectivity index is 3.12. The van der Waals surface area contributed by atoms with Crippen molar-refractivity contribution in [2.75, 3.05) is 6.61 Å². The topological polar surface area (TPSA) is 9.23 Å². The van der Waals surface area contributed by atoms with E-state index in [9.17, 15) is 17.6 Å². The summed E-state index contributed by atoms with van der Waals surface area (Å²) in [6.45, 7) is 1.72. The fourth-order valence-corrected chi connectivity index (χ4v) is 0.982. The van der Waals surface area contributed by atoms with Crippen LogP contribution in [0.4, 0.5) is 17.6 Å². The first-order valence-corrected chi connectivity index (χ1v) is 3.96. The quantitative estimate of drug-likeness (QED) is 0.692. The van der Waals surface area contributed by atoms with E-state index in [1.807, 2.05) is 0 Å². The second kappa shape index (κ2) is 4.30. The molecule has 1 aromatic carbocycles. The van der Waals surface area contributed by atoms with Crippen LogP contribution in [0.5, 0.6) is 5.75 Å². The zero-order valence-corrected chi connectivity index (χ0v) is 7.36. The average molecular weight is 208 g/mol. The van der Waals surface area contributed by atoms with Gasteiger partial charge in [0.1, 0.15) is 0 Å². The van der Waals surface area contributed by atoms with Gasteiger partial charge in [0.15, 0.2) is 11.6 Å². The number of hydrogen-bond donors (Lipinski definition) is 0. The molecule has 0 aromatic heterocycles. The second-order valence-corrected chi connectivity index (χ2v) is 2.51. The van der Waals surface area contributed by atoms with Crippen molar-refractivity contribution in [3.63, 3.8) is 0 Å². The van der Waals surface area contributed by atoms with Gasteiger partial charge in [-0.1, -0.05) is 0 Å². The molecule has 0 atom stereocenters. The molecule has 0 saturated carbocycles. The Labute approximate surface area is 78.3 Å². The molecule has 5 heteroatoms. The first kappa shape index (κ1) is 10.8. The second-order valence-electron chi connectivity index (χ2n) is 2.51. The molecule has 0 radical (unpaired) electrons. The van der Waals surface area contributed by atoms with E-state index in [0.29, 0.717) is 0 Å². The van der Waals surface area contributed by atoms with Gasteiger partial charge in [-0.05, 0) is 19.1 Å². The minimum absolute atomic E-state index is 0.143. The van der Waals surface area contributed by atoms with Gasteiger partial charge < -0.3 is 4.74 Å². The van der Waals surface area contributed by atoms with Crippen LogP contribution in [0, 0.1) is 11.6 Å². The first-order chi connectivity index (χ1) is 6.57. The molecule has 0 saturated heterocycles. The summed E-state index contributed by atoms with van der Waals surface area (Å²) in [7, 11) is 0. The van der Waals surface area contributed by atoms with Crippen LogP contribution in [0.2, 0.25) is 0 Å². The highest BCUT2D eigenvalue weighted by atomic mass is 19.3. The number of benzene rings is 1. The van der Waals surface area contributed by atoms with Gasteiger partial charge in [-0.3, -0.25) is 0 Å². The molecule has 1 nitrogen and oxygen atoms in total. The summed E-state index contributed by atoms with van der Waals surface area (Å²) in [4.78, 5) is 0. The third kappa shape index (κ3) is 1.97. The average Bonchev–Trinajstić information content (AvgIpc) is 2.13. The number of halogens is 4. The van der Waals surface area contributed by atoms with Crippen LogP contribution in [0.1, 0.15) is 18.9 Å². The maximum atomic E-state index is 13.0. The molecule has 0 spiro atoms. The Kier molecular flexibility index (Phi) is 3.33. The van der Waals surface area contributed by atoms with Crippen LogP contribution >= 0.6 is 0 Å². The molecule has 78 valence electrons. The zero-order chi connectivity index (χ0) is 10.7. The van der Waals surface area contributed by atoms with Crippen molar-refractivity contribution < 1.29 is 22.3 Å². The van der Waals surface area contributed by atoms with E-state index in [2.05, 4.69) is 0 Å². The lowest BCUT2D eigenvalue weighted by Crippen LogP contribution is -2.00. The lowest BCUT2D eigenvalue weighted by Gasteiger charge is -2.07. The minimum atomic E-state index is -3.03. The Morgan fingerprint density at radius 1 is 1.21 bits per heavy atom. The maximum absolute atomic E-state index is 13.0. The zero-order valence-electron chi connectivity index (χ0n) is 7.36. The van der Waals surface area contributed by atoms with Crippen molar-refractivity contribution in [1.82, 2.24) is 0 Å². The highest BCUT2D eigenvalue weighted by molar-refractivity contribution is 5.31. The molecule has 1 rings (SSSR count). The summed E-state index contributed by atoms with van der Waals surface area (Å²) in [6.07, 6.45) is -3.03. The van der Waals surface area contributed by atoms with Crippen molar-refractivity contribution in [2.45, 2.75) is 13.3 Å². The lowest BCUT2D eigenvalue weighted by atomic mass is 10.2. The molecule has 0 heterocycles. The molecule has 0 aliphatic heterocycles. The van der Waals surface area contributed by atoms with Crippen molar-refractivity contribution in [1.29, 1.82) is 0 Å². The van der Waals surface area contributed by atoms with Gasteiger partial charge in [0.05, 0.1) is 12.2 Å². The van der Waals surface area contributed by atoms with Gasteiger partial charge in [-0.2, -0.15) is 4.39 Å². The number of hydrogen-bond acceptors (Lipinski definition) is 1. The normalized spacial score (nSPS) is 10.7. The predicted octanol–water partition coefficient (Wildman–Crippen LogP) is 3.30. The summed E-state index contributed by atoms with van der Waals surface area (Å²) in [6, 6.07) is 1.80. The SMILES string of the molecule is CCOc1ccc(C(F)F)c(F)c1F. The van der Waals surface area contributed by atoms with Crippen molar-refractivity contribution in [3.05, 3.63) is 29.3 Å². The largest absolute Gasteiger partial charge is 0.491 e. The Bertz CT molecular complexity index is 325. The maximum Gasteiger partial charge on any atom is 0.266 e. The molecule has 0 aliphatic carbocycles. The molecule has 0 fully saturated rings. The molecule has 0 amide bonds. The van der Waals surface area contributed by atoms with Gasteiger partial charge in [-0.25, -0.2) is 13.2 Å². The van der Waals surface area contributed by atoms with Crippen LogP contribution < -0.4 is 4.74 Å². The Morgan fingerprint density at radius 2 is 1.86 bits per heavy atom. The monoisotopic (exact) mass is 208 g/mol. The van der Waals surface area contributed by atoms with Gasteiger partial charge in [0, 0.05) is 0 Å². The third-order valence-electron chi connectivity index (χ3n) is 1.61. The van der Waals surface area contributed by atoms with Crippen molar-refractivity contribution in [2.24, 2.45) is 0 Å². The molecule has 0 unspecified atom stereocenters. The van der Waals surface area contributed by atoms with Crippen LogP contribution in [0.3, 0.4) is 0 Å². The fourth-order valence-electron chi connectivity index (χ4n) is 0.982. The number of alkyl halides is 2. The molecule has 0 N–H and O–H groups in total. The van der Waals surface area contributed by atoms with E-state index in [1.165, 1.54) is 0 Å². The third-order valence-corrected chi connectivity index (χ3v) is 1.61. The number of rotatable bonds is 3. The minimum Gasteiger partial charge on any atom is -0.491 e. The highest BCUT2D eigenvalue weighted by Crippen LogP contribution is 2.28. The van der Waals surface area contributed by atoms with E-state index in [4.69, 9.17) is 4.74 Å². The van der Waals surface area contributed by atoms with Gasteiger partial charge in [-0.15, -0.1) is 0 Å². The standard InChI is InChI=1S/C9H8F4O/c1-2-14-6-4-3-5(9(12)13)7(10)8(6)11/h3-4,9H,2H2,1H3. The summed E-state index contributed by atoms with van der Waals surface area (Å²) in [5.41, 5.74) is -0.953. The van der Waals surface area contributed by atoms with E-state index in [-0.39, 0.29) is 12.4 Å². The van der Waals surface area contributed by atoms with Crippen LogP contribution in [-0.4, -0.2) is 6.61 Å². The summed E-state index contributed by atoms with van der Waals surface area (Å²) in [5, 5.41) is 0. The van der Waals surface area contributed by atoms with Crippen molar-refractivity contribution in [3.8, 4) is 5.75 Å². The summed E-state index contributed by atoms with van der Waals surface area (Å²) in [5.74, 6) is -3.27. The fraction of sp³-hybridized carbons (Fsp3) is 0.333. The molecule has 0 aliphatic rings. The van der Waals surface area contributed by atoms with Gasteiger partial charge >= 0.3 is 0 Å². The molecule has 0 bridgehead atoms. The summed E-state index contributed by atoms with van der Waals surface area (Å²) < 4.78 is 54.7. The Morgan fingerprint density at radius 3 is 2.36 bits per heavy atom. The number of ether oxygens (including phenoxy) is 1. The molecular weight excluding hydrogens is 200 g/mol. The molecule has 14 heavy (non-hydrogen) atoms. The Hall–Kier alpha value is -1.26. The van der Waals surface area contributed by atoms with E-state index in [1.54, 1.807) is 6.92 Å². The summed E-state index contributed by atoms with van der Waals surface area (Å²) >= 11 is 0. The highest BCUT2D eigenvalue weighted by Gasteiger charge is 2.19. The van der Waals surface area contributed by atoms with E-state index < -0.39 is 23.6 Å². The van der Waals surface area contributed by atoms with Crippen LogP contribution in [0.15, 0.2) is 12.1 Å². The van der Waals surface area contributed by atoms with Gasteiger partial charge in [0.2, 0.25) is 5.82 Å². The molecular formula is C9H8F4O. The van der Waals surface area contributed by atoms with E-state index >= 15 is 0 Å². The molecule has 1 aromatic rings.